The van der Waals surface area contributed by atoms with Gasteiger partial charge >= 0.3 is 18.3 Å². The van der Waals surface area contributed by atoms with E-state index in [1.807, 2.05) is 13.2 Å². The van der Waals surface area contributed by atoms with Gasteiger partial charge in [0.05, 0.1) is 35.6 Å². The molecule has 0 saturated carbocycles. The van der Waals surface area contributed by atoms with Crippen LogP contribution in [0.3, 0.4) is 0 Å². The van der Waals surface area contributed by atoms with E-state index in [2.05, 4.69) is 21.0 Å². The number of hydrazone groups is 1. The SMILES string of the molecule is CCC1(CCCSC)CN(C(=O)N(C(=O)OC)c2ccc(Br)cc2)N=C1c1ccc(C(F)(F)F)c(Cl)c1. The summed E-state index contributed by atoms with van der Waals surface area (Å²) in [5.41, 5.74) is -0.448. The standard InChI is InChI=1S/C25H26BrClF3N3O3S/c1-4-24(12-5-13-37-3)15-32(22(34)33(23(35)36-2)18-9-7-17(26)8-10-18)31-21(24)16-6-11-19(20(27)14-16)25(28,29)30/h6-11,14H,4-5,12-13,15H2,1-3H3. The summed E-state index contributed by atoms with van der Waals surface area (Å²) in [4.78, 5) is 27.2. The van der Waals surface area contributed by atoms with Gasteiger partial charge in [-0.2, -0.15) is 34.9 Å². The summed E-state index contributed by atoms with van der Waals surface area (Å²) >= 11 is 11.0. The summed E-state index contributed by atoms with van der Waals surface area (Å²) in [7, 11) is 1.17. The van der Waals surface area contributed by atoms with Crippen LogP contribution in [0.4, 0.5) is 28.4 Å². The van der Waals surface area contributed by atoms with E-state index in [1.54, 1.807) is 36.0 Å². The second-order valence-corrected chi connectivity index (χ2v) is 10.8. The second-order valence-electron chi connectivity index (χ2n) is 8.49. The summed E-state index contributed by atoms with van der Waals surface area (Å²) in [5.74, 6) is 0.865. The number of halogens is 5. The van der Waals surface area contributed by atoms with Crippen molar-refractivity contribution in [1.82, 2.24) is 5.01 Å². The van der Waals surface area contributed by atoms with Gasteiger partial charge < -0.3 is 4.74 Å². The number of thioether (sulfide) groups is 1. The first-order chi connectivity index (χ1) is 17.5. The minimum atomic E-state index is -4.60. The molecule has 0 aromatic heterocycles. The molecule has 0 bridgehead atoms. The van der Waals surface area contributed by atoms with Gasteiger partial charge in [-0.1, -0.05) is 40.5 Å². The van der Waals surface area contributed by atoms with E-state index in [9.17, 15) is 22.8 Å². The molecule has 6 nitrogen and oxygen atoms in total. The van der Waals surface area contributed by atoms with Crippen LogP contribution in [-0.4, -0.2) is 48.5 Å². The van der Waals surface area contributed by atoms with Crippen molar-refractivity contribution in [2.75, 3.05) is 30.6 Å². The van der Waals surface area contributed by atoms with E-state index in [-0.39, 0.29) is 12.2 Å². The van der Waals surface area contributed by atoms with Crippen molar-refractivity contribution in [1.29, 1.82) is 0 Å². The third-order valence-corrected chi connectivity index (χ3v) is 7.80. The molecule has 1 aliphatic rings. The molecule has 1 atom stereocenters. The van der Waals surface area contributed by atoms with Crippen LogP contribution >= 0.6 is 39.3 Å². The quantitative estimate of drug-likeness (QED) is 0.294. The molecule has 1 aliphatic heterocycles. The predicted molar refractivity (Wildman–Crippen MR) is 144 cm³/mol. The summed E-state index contributed by atoms with van der Waals surface area (Å²) in [6, 6.07) is 9.29. The fourth-order valence-corrected chi connectivity index (χ4v) is 5.27. The highest BCUT2D eigenvalue weighted by Crippen LogP contribution is 2.42. The molecule has 0 aliphatic carbocycles. The molecule has 0 N–H and O–H groups in total. The Morgan fingerprint density at radius 1 is 1.24 bits per heavy atom. The van der Waals surface area contributed by atoms with Crippen molar-refractivity contribution in [3.63, 3.8) is 0 Å². The van der Waals surface area contributed by atoms with Gasteiger partial charge in [-0.05, 0) is 73.2 Å². The zero-order valence-electron chi connectivity index (χ0n) is 20.4. The molecule has 0 radical (unpaired) electrons. The van der Waals surface area contributed by atoms with Crippen molar-refractivity contribution < 1.29 is 27.5 Å². The Kier molecular flexibility index (Phi) is 9.57. The Hall–Kier alpha value is -2.24. The Balaban J connectivity index is 2.07. The first kappa shape index (κ1) is 29.3. The Morgan fingerprint density at radius 2 is 1.92 bits per heavy atom. The maximum absolute atomic E-state index is 13.6. The molecule has 37 heavy (non-hydrogen) atoms. The number of nitrogens with zero attached hydrogens (tertiary/aromatic N) is 3. The van der Waals surface area contributed by atoms with Crippen LogP contribution in [0.5, 0.6) is 0 Å². The number of amides is 3. The number of hydrogen-bond donors (Lipinski definition) is 0. The van der Waals surface area contributed by atoms with Gasteiger partial charge in [-0.15, -0.1) is 0 Å². The lowest BCUT2D eigenvalue weighted by atomic mass is 9.74. The monoisotopic (exact) mass is 619 g/mol. The average Bonchev–Trinajstić information content (AvgIpc) is 3.24. The number of methoxy groups -OCH3 is 1. The van der Waals surface area contributed by atoms with E-state index >= 15 is 0 Å². The van der Waals surface area contributed by atoms with Gasteiger partial charge in [0.25, 0.3) is 0 Å². The number of rotatable bonds is 7. The number of imide groups is 1. The van der Waals surface area contributed by atoms with Crippen LogP contribution in [0.15, 0.2) is 52.0 Å². The zero-order valence-corrected chi connectivity index (χ0v) is 23.6. The summed E-state index contributed by atoms with van der Waals surface area (Å²) < 4.78 is 45.6. The molecule has 1 unspecified atom stereocenters. The molecule has 1 heterocycles. The Labute approximate surface area is 231 Å². The second kappa shape index (κ2) is 12.1. The number of benzene rings is 2. The van der Waals surface area contributed by atoms with Crippen LogP contribution in [-0.2, 0) is 10.9 Å². The lowest BCUT2D eigenvalue weighted by Crippen LogP contribution is -2.45. The minimum absolute atomic E-state index is 0.148. The molecule has 3 rings (SSSR count). The fraction of sp³-hybridized carbons (Fsp3) is 0.400. The summed E-state index contributed by atoms with van der Waals surface area (Å²) in [6.07, 6.45) is -1.49. The highest BCUT2D eigenvalue weighted by molar-refractivity contribution is 9.10. The van der Waals surface area contributed by atoms with E-state index in [0.29, 0.717) is 24.1 Å². The molecule has 3 amide bonds. The summed E-state index contributed by atoms with van der Waals surface area (Å²) in [6.45, 7) is 2.09. The van der Waals surface area contributed by atoms with Crippen LogP contribution in [0.2, 0.25) is 5.02 Å². The lowest BCUT2D eigenvalue weighted by Gasteiger charge is -2.31. The third-order valence-electron chi connectivity index (χ3n) is 6.26. The van der Waals surface area contributed by atoms with Gasteiger partial charge in [0.1, 0.15) is 0 Å². The van der Waals surface area contributed by atoms with E-state index in [0.717, 1.165) is 27.6 Å². The molecule has 0 spiro atoms. The van der Waals surface area contributed by atoms with Crippen molar-refractivity contribution in [2.45, 2.75) is 32.4 Å². The van der Waals surface area contributed by atoms with Crippen LogP contribution < -0.4 is 4.90 Å². The van der Waals surface area contributed by atoms with Gasteiger partial charge in [-0.3, -0.25) is 0 Å². The van der Waals surface area contributed by atoms with Crippen LogP contribution in [0.25, 0.3) is 0 Å². The Morgan fingerprint density at radius 3 is 2.46 bits per heavy atom. The molecular formula is C25H26BrClF3N3O3S. The third kappa shape index (κ3) is 6.43. The van der Waals surface area contributed by atoms with Gasteiger partial charge in [0.2, 0.25) is 0 Å². The van der Waals surface area contributed by atoms with Crippen LogP contribution in [0, 0.1) is 5.41 Å². The lowest BCUT2D eigenvalue weighted by molar-refractivity contribution is -0.137. The number of carbonyl (C=O) groups is 2. The van der Waals surface area contributed by atoms with Crippen molar-refractivity contribution in [3.8, 4) is 0 Å². The van der Waals surface area contributed by atoms with Crippen molar-refractivity contribution >= 4 is 62.8 Å². The smallest absolute Gasteiger partial charge is 0.422 e. The largest absolute Gasteiger partial charge is 0.452 e. The number of alkyl halides is 3. The number of hydrogen-bond acceptors (Lipinski definition) is 5. The molecule has 0 fully saturated rings. The Bertz CT molecular complexity index is 1180. The van der Waals surface area contributed by atoms with Gasteiger partial charge in [0, 0.05) is 9.89 Å². The van der Waals surface area contributed by atoms with Crippen molar-refractivity contribution in [3.05, 3.63) is 63.1 Å². The van der Waals surface area contributed by atoms with Gasteiger partial charge in [0.15, 0.2) is 0 Å². The number of ether oxygens (including phenoxy) is 1. The van der Waals surface area contributed by atoms with E-state index < -0.39 is 34.3 Å². The number of urea groups is 1. The highest BCUT2D eigenvalue weighted by atomic mass is 79.9. The molecule has 12 heteroatoms. The normalized spacial score (nSPS) is 17.5. The first-order valence-corrected chi connectivity index (χ1v) is 13.9. The first-order valence-electron chi connectivity index (χ1n) is 11.4. The maximum Gasteiger partial charge on any atom is 0.422 e. The van der Waals surface area contributed by atoms with E-state index in [1.165, 1.54) is 24.3 Å². The maximum atomic E-state index is 13.6. The number of anilines is 1. The molecule has 2 aromatic carbocycles. The molecule has 0 saturated heterocycles. The molecule has 2 aromatic rings. The predicted octanol–water partition coefficient (Wildman–Crippen LogP) is 8.07. The molecular weight excluding hydrogens is 595 g/mol. The fourth-order valence-electron chi connectivity index (χ4n) is 4.29. The zero-order chi connectivity index (χ0) is 27.4. The van der Waals surface area contributed by atoms with Gasteiger partial charge in [-0.25, -0.2) is 14.6 Å². The summed E-state index contributed by atoms with van der Waals surface area (Å²) in [5, 5.41) is 5.31. The molecule has 200 valence electrons. The minimum Gasteiger partial charge on any atom is -0.452 e. The number of carbonyl (C=O) groups excluding carboxylic acids is 2. The average molecular weight is 621 g/mol. The highest BCUT2D eigenvalue weighted by Gasteiger charge is 2.46. The van der Waals surface area contributed by atoms with Crippen molar-refractivity contribution in [2.24, 2.45) is 10.5 Å². The topological polar surface area (TPSA) is 62.2 Å². The van der Waals surface area contributed by atoms with E-state index in [4.69, 9.17) is 16.3 Å². The van der Waals surface area contributed by atoms with Crippen LogP contribution in [0.1, 0.15) is 37.3 Å².